The molecule has 1 saturated heterocycles. The molecule has 3 unspecified atom stereocenters. The number of ether oxygens (including phenoxy) is 6. The van der Waals surface area contributed by atoms with E-state index in [0.717, 1.165) is 22.3 Å². The topological polar surface area (TPSA) is 161 Å². The van der Waals surface area contributed by atoms with E-state index in [1.54, 1.807) is 14.2 Å². The second-order valence-electron chi connectivity index (χ2n) is 20.8. The maximum Gasteiger partial charge on any atom is 0.407 e. The summed E-state index contributed by atoms with van der Waals surface area (Å²) in [4.78, 5) is 26.5. The summed E-state index contributed by atoms with van der Waals surface area (Å²) in [6.07, 6.45) is -0.343. The highest BCUT2D eigenvalue weighted by Crippen LogP contribution is 2.55. The van der Waals surface area contributed by atoms with Gasteiger partial charge in [0.2, 0.25) is 0 Å². The monoisotopic (exact) mass is 1030 g/mol. The van der Waals surface area contributed by atoms with Gasteiger partial charge in [0, 0.05) is 78.0 Å². The first-order valence-corrected chi connectivity index (χ1v) is 28.4. The minimum absolute atomic E-state index is 0.0407. The van der Waals surface area contributed by atoms with E-state index < -0.39 is 44.7 Å². The maximum atomic E-state index is 13.9. The number of methoxy groups -OCH3 is 4. The molecular formula is C57H74N6O10Si. The zero-order valence-electron chi connectivity index (χ0n) is 44.8. The summed E-state index contributed by atoms with van der Waals surface area (Å²) in [5.74, 6) is 1.14. The summed E-state index contributed by atoms with van der Waals surface area (Å²) in [5.41, 5.74) is 8.84. The quantitative estimate of drug-likeness (QED) is 0.0552. The van der Waals surface area contributed by atoms with Gasteiger partial charge in [-0.25, -0.2) is 27.7 Å². The zero-order valence-corrected chi connectivity index (χ0v) is 45.8. The highest BCUT2D eigenvalue weighted by atomic mass is 28.4. The number of morpholine rings is 1. The van der Waals surface area contributed by atoms with Crippen molar-refractivity contribution in [2.24, 2.45) is 0 Å². The molecule has 3 aliphatic heterocycles. The van der Waals surface area contributed by atoms with E-state index >= 15 is 0 Å². The Morgan fingerprint density at radius 3 is 1.97 bits per heavy atom. The van der Waals surface area contributed by atoms with E-state index in [1.807, 2.05) is 43.0 Å². The molecule has 4 aromatic rings. The van der Waals surface area contributed by atoms with Crippen molar-refractivity contribution in [1.29, 1.82) is 0 Å². The fourth-order valence-corrected chi connectivity index (χ4v) is 15.0. The number of hydrogen-bond donors (Lipinski definition) is 4. The van der Waals surface area contributed by atoms with Crippen LogP contribution in [0.3, 0.4) is 0 Å². The van der Waals surface area contributed by atoms with Crippen molar-refractivity contribution in [2.75, 3.05) is 74.6 Å². The second kappa shape index (κ2) is 22.8. The average molecular weight is 1030 g/mol. The first-order chi connectivity index (χ1) is 35.6. The van der Waals surface area contributed by atoms with Gasteiger partial charge in [0.05, 0.1) is 53.2 Å². The average Bonchev–Trinajstić information content (AvgIpc) is 3.71. The van der Waals surface area contributed by atoms with E-state index in [2.05, 4.69) is 83.7 Å². The van der Waals surface area contributed by atoms with Crippen molar-refractivity contribution in [3.63, 3.8) is 0 Å². The molecule has 4 aliphatic rings. The van der Waals surface area contributed by atoms with Gasteiger partial charge in [0.25, 0.3) is 12.8 Å². The SMILES string of the molecule is [C-]#[N+]CN1C(C2Cc3c(OC)c(C)c(OC)c(O)c3[C@H](CNC(=O)OCC3c4ccccc4-c4ccccc43)N2)c2c(O)c(OC)c(C)c(OC)c2CC1[C@@H]([N+]#[C-])N1CCO[C@@H](CCO[Si](C)(C(C)C)C(C)C)C1. The van der Waals surface area contributed by atoms with Gasteiger partial charge in [-0.1, -0.05) is 76.2 Å². The maximum absolute atomic E-state index is 13.9. The van der Waals surface area contributed by atoms with Gasteiger partial charge in [-0.3, -0.25) is 9.69 Å². The molecule has 74 heavy (non-hydrogen) atoms. The van der Waals surface area contributed by atoms with Crippen molar-refractivity contribution in [2.45, 2.75) is 121 Å². The predicted molar refractivity (Wildman–Crippen MR) is 286 cm³/mol. The highest BCUT2D eigenvalue weighted by Gasteiger charge is 2.53. The van der Waals surface area contributed by atoms with Crippen molar-refractivity contribution in [3.05, 3.63) is 116 Å². The van der Waals surface area contributed by atoms with Crippen LogP contribution in [0.25, 0.3) is 20.8 Å². The predicted octanol–water partition coefficient (Wildman–Crippen LogP) is 9.44. The normalized spacial score (nSPS) is 21.1. The van der Waals surface area contributed by atoms with Crippen LogP contribution < -0.4 is 29.6 Å². The number of carbonyl (C=O) groups is 1. The molecule has 0 bridgehead atoms. The molecule has 1 amide bonds. The molecule has 0 radical (unpaired) electrons. The van der Waals surface area contributed by atoms with Gasteiger partial charge in [0.1, 0.15) is 24.1 Å². The van der Waals surface area contributed by atoms with E-state index in [-0.39, 0.29) is 67.7 Å². The van der Waals surface area contributed by atoms with Crippen LogP contribution in [0.1, 0.15) is 96.6 Å². The number of rotatable bonds is 18. The van der Waals surface area contributed by atoms with E-state index in [4.69, 9.17) is 46.0 Å². The number of hydrogen-bond acceptors (Lipinski definition) is 13. The van der Waals surface area contributed by atoms with Crippen LogP contribution in [0.4, 0.5) is 4.79 Å². The molecule has 0 spiro atoms. The Morgan fingerprint density at radius 1 is 0.851 bits per heavy atom. The van der Waals surface area contributed by atoms with Gasteiger partial charge in [0.15, 0.2) is 31.3 Å². The molecular weight excluding hydrogens is 957 g/mol. The van der Waals surface area contributed by atoms with E-state index in [9.17, 15) is 15.0 Å². The number of alkyl carbamates (subject to hydrolysis) is 1. The minimum Gasteiger partial charge on any atom is -0.504 e. The Hall–Kier alpha value is -6.05. The Kier molecular flexibility index (Phi) is 16.7. The second-order valence-corrected chi connectivity index (χ2v) is 25.8. The summed E-state index contributed by atoms with van der Waals surface area (Å²) in [6, 6.07) is 13.5. The summed E-state index contributed by atoms with van der Waals surface area (Å²) < 4.78 is 43.1. The smallest absolute Gasteiger partial charge is 0.407 e. The third kappa shape index (κ3) is 9.86. The first kappa shape index (κ1) is 54.2. The molecule has 4 aromatic carbocycles. The third-order valence-corrected chi connectivity index (χ3v) is 22.0. The lowest BCUT2D eigenvalue weighted by atomic mass is 9.77. The van der Waals surface area contributed by atoms with Gasteiger partial charge in [-0.2, -0.15) is 0 Å². The van der Waals surface area contributed by atoms with Gasteiger partial charge in [-0.15, -0.1) is 0 Å². The Bertz CT molecular complexity index is 2740. The molecule has 1 fully saturated rings. The molecule has 3 heterocycles. The molecule has 6 atom stereocenters. The number of carbonyl (C=O) groups excluding carboxylic acids is 1. The van der Waals surface area contributed by atoms with Crippen LogP contribution in [0.15, 0.2) is 48.5 Å². The summed E-state index contributed by atoms with van der Waals surface area (Å²) in [7, 11) is 4.14. The number of phenols is 2. The number of fused-ring (bicyclic) bond motifs is 5. The number of nitrogens with zero attached hydrogens (tertiary/aromatic N) is 4. The number of phenolic OH excluding ortho intramolecular Hbond substituents is 2. The van der Waals surface area contributed by atoms with Crippen LogP contribution >= 0.6 is 0 Å². The van der Waals surface area contributed by atoms with Crippen molar-refractivity contribution in [3.8, 4) is 45.6 Å². The fourth-order valence-electron chi connectivity index (χ4n) is 12.4. The van der Waals surface area contributed by atoms with Crippen LogP contribution in [0.2, 0.25) is 17.6 Å². The molecule has 0 aromatic heterocycles. The van der Waals surface area contributed by atoms with Crippen LogP contribution in [0.5, 0.6) is 34.5 Å². The summed E-state index contributed by atoms with van der Waals surface area (Å²) in [6.45, 7) is 34.2. The number of nitrogens with one attached hydrogen (secondary N) is 2. The lowest BCUT2D eigenvalue weighted by Gasteiger charge is -2.48. The highest BCUT2D eigenvalue weighted by molar-refractivity contribution is 6.75. The molecule has 1 aliphatic carbocycles. The van der Waals surface area contributed by atoms with Crippen LogP contribution in [-0.2, 0) is 26.7 Å². The summed E-state index contributed by atoms with van der Waals surface area (Å²) >= 11 is 0. The number of benzene rings is 4. The molecule has 8 rings (SSSR count). The Morgan fingerprint density at radius 2 is 1.42 bits per heavy atom. The number of aromatic hydroxyl groups is 2. The third-order valence-electron chi connectivity index (χ3n) is 16.6. The van der Waals surface area contributed by atoms with E-state index in [1.165, 1.54) is 14.2 Å². The summed E-state index contributed by atoms with van der Waals surface area (Å²) in [5, 5.41) is 31.4. The largest absolute Gasteiger partial charge is 0.504 e. The lowest BCUT2D eigenvalue weighted by Crippen LogP contribution is -2.61. The van der Waals surface area contributed by atoms with Gasteiger partial charge >= 0.3 is 6.09 Å². The molecule has 396 valence electrons. The molecule has 4 N–H and O–H groups in total. The molecule has 17 heteroatoms. The van der Waals surface area contributed by atoms with Crippen molar-refractivity contribution >= 4 is 14.4 Å². The van der Waals surface area contributed by atoms with Gasteiger partial charge < -0.3 is 53.7 Å². The van der Waals surface area contributed by atoms with Crippen LogP contribution in [-0.4, -0.2) is 133 Å². The van der Waals surface area contributed by atoms with E-state index in [0.29, 0.717) is 88.7 Å². The lowest BCUT2D eigenvalue weighted by molar-refractivity contribution is -0.0615. The fraction of sp³-hybridized carbons (Fsp3) is 0.526. The Balaban J connectivity index is 1.16. The number of amides is 1. The first-order valence-electron chi connectivity index (χ1n) is 25.8. The zero-order chi connectivity index (χ0) is 53.2. The standard InChI is InChI=1S/C57H74N6O10Si/c1-32(2)74(13,33(3)4)73-24-22-36-29-62(23-25-71-36)56(59-8)46-27-42-48(51(65)55(70-12)35(6)53(42)68-10)49(63(46)31-58-7)44-26-41-47(50(64)54(69-11)34(5)52(41)67-9)45(61-44)28-60-57(66)72-30-43-39-20-16-14-18-37(39)38-19-15-17-21-40(38)43/h14-21,32-33,36,43-46,49,56,61,64-65H,22-31H2,1-6,9-13H3,(H,60,66)/t36-,44?,45-,46?,49?,56-/m0/s1. The minimum atomic E-state index is -2.00. The molecule has 16 nitrogen and oxygen atoms in total. The van der Waals surface area contributed by atoms with Crippen molar-refractivity contribution in [1.82, 2.24) is 20.4 Å². The van der Waals surface area contributed by atoms with Crippen molar-refractivity contribution < 1.29 is 47.9 Å². The Labute approximate surface area is 437 Å². The van der Waals surface area contributed by atoms with Crippen LogP contribution in [0, 0.1) is 27.0 Å². The molecule has 0 saturated carbocycles. The van der Waals surface area contributed by atoms with Gasteiger partial charge in [-0.05, 0) is 66.6 Å².